The van der Waals surface area contributed by atoms with Crippen molar-refractivity contribution in [1.29, 1.82) is 0 Å². The van der Waals surface area contributed by atoms with Gasteiger partial charge in [-0.05, 0) is 80.1 Å². The number of hydrogen-bond acceptors (Lipinski definition) is 5. The van der Waals surface area contributed by atoms with E-state index in [1.165, 1.54) is 24.3 Å². The lowest BCUT2D eigenvalue weighted by Gasteiger charge is -2.32. The van der Waals surface area contributed by atoms with Crippen molar-refractivity contribution in [2.24, 2.45) is 0 Å². The van der Waals surface area contributed by atoms with Gasteiger partial charge in [-0.25, -0.2) is 0 Å². The summed E-state index contributed by atoms with van der Waals surface area (Å²) >= 11 is 0. The van der Waals surface area contributed by atoms with Crippen LogP contribution in [0.5, 0.6) is 11.5 Å². The van der Waals surface area contributed by atoms with Crippen LogP contribution in [0.2, 0.25) is 0 Å². The van der Waals surface area contributed by atoms with Gasteiger partial charge in [0.05, 0.1) is 39.6 Å². The maximum atomic E-state index is 13.9. The predicted octanol–water partition coefficient (Wildman–Crippen LogP) is 7.28. The second kappa shape index (κ2) is 14.1. The molecule has 0 N–H and O–H groups in total. The van der Waals surface area contributed by atoms with E-state index in [1.807, 2.05) is 41.3 Å². The second-order valence-corrected chi connectivity index (χ2v) is 15.1. The highest BCUT2D eigenvalue weighted by Gasteiger charge is 2.48. The first-order chi connectivity index (χ1) is 26.4. The van der Waals surface area contributed by atoms with Gasteiger partial charge in [-0.15, -0.1) is 0 Å². The van der Waals surface area contributed by atoms with E-state index >= 15 is 0 Å². The molecule has 0 fully saturated rings. The van der Waals surface area contributed by atoms with Gasteiger partial charge in [-0.2, -0.15) is 30.9 Å². The van der Waals surface area contributed by atoms with Gasteiger partial charge in [0.15, 0.2) is 12.3 Å². The molecule has 0 bridgehead atoms. The van der Waals surface area contributed by atoms with E-state index in [9.17, 15) is 35.9 Å². The van der Waals surface area contributed by atoms with Crippen LogP contribution in [-0.4, -0.2) is 42.6 Å². The van der Waals surface area contributed by atoms with E-state index in [0.717, 1.165) is 24.3 Å². The average molecular weight is 774 g/mol. The molecule has 290 valence electrons. The molecule has 1 atom stereocenters. The molecule has 0 saturated carbocycles. The molecule has 0 aromatic heterocycles. The van der Waals surface area contributed by atoms with Crippen LogP contribution < -0.4 is 35.7 Å². The van der Waals surface area contributed by atoms with Crippen LogP contribution in [0.4, 0.5) is 37.7 Å². The van der Waals surface area contributed by atoms with E-state index in [-0.39, 0.29) is 36.7 Å². The molecule has 5 aromatic rings. The van der Waals surface area contributed by atoms with Gasteiger partial charge in [-0.1, -0.05) is 50.2 Å². The van der Waals surface area contributed by atoms with E-state index in [4.69, 9.17) is 9.47 Å². The number of benzene rings is 4. The molecule has 2 heterocycles. The number of anilines is 1. The van der Waals surface area contributed by atoms with Crippen LogP contribution in [0, 0.1) is 0 Å². The molecule has 6 nitrogen and oxygen atoms in total. The molecule has 7 rings (SSSR count). The van der Waals surface area contributed by atoms with E-state index in [2.05, 4.69) is 0 Å². The van der Waals surface area contributed by atoms with E-state index < -0.39 is 51.2 Å². The lowest BCUT2D eigenvalue weighted by molar-refractivity contribution is -0.439. The van der Waals surface area contributed by atoms with Crippen molar-refractivity contribution in [3.05, 3.63) is 150 Å². The highest BCUT2D eigenvalue weighted by molar-refractivity contribution is 6.15. The Labute approximate surface area is 318 Å². The number of ether oxygens (including phenoxy) is 2. The Morgan fingerprint density at radius 3 is 1.80 bits per heavy atom. The van der Waals surface area contributed by atoms with Crippen molar-refractivity contribution in [3.63, 3.8) is 0 Å². The topological polar surface area (TPSA) is 58.8 Å². The zero-order valence-corrected chi connectivity index (χ0v) is 31.1. The Morgan fingerprint density at radius 2 is 1.23 bits per heavy atom. The molecule has 0 radical (unpaired) electrons. The van der Waals surface area contributed by atoms with Crippen LogP contribution >= 0.6 is 0 Å². The first-order valence-corrected chi connectivity index (χ1v) is 18.1. The Kier molecular flexibility index (Phi) is 9.75. The number of rotatable bonds is 10. The van der Waals surface area contributed by atoms with Crippen molar-refractivity contribution < 1.29 is 40.4 Å². The van der Waals surface area contributed by atoms with Gasteiger partial charge >= 0.3 is 12.4 Å². The molecular weight excluding hydrogens is 734 g/mol. The maximum Gasteiger partial charge on any atom is 0.416 e. The van der Waals surface area contributed by atoms with Gasteiger partial charge < -0.3 is 14.4 Å². The smallest absolute Gasteiger partial charge is 0.416 e. The zero-order valence-electron chi connectivity index (χ0n) is 31.1. The molecule has 2 aliphatic heterocycles. The summed E-state index contributed by atoms with van der Waals surface area (Å²) in [6.45, 7) is 7.78. The number of hydrogen-bond donors (Lipinski definition) is 0. The monoisotopic (exact) mass is 773 g/mol. The summed E-state index contributed by atoms with van der Waals surface area (Å²) < 4.78 is 96.8. The zero-order chi connectivity index (χ0) is 40.2. The maximum absolute atomic E-state index is 13.9. The third kappa shape index (κ3) is 7.01. The molecule has 0 amide bonds. The predicted molar refractivity (Wildman–Crippen MR) is 203 cm³/mol. The average Bonchev–Trinajstić information content (AvgIpc) is 3.50. The van der Waals surface area contributed by atoms with Gasteiger partial charge in [0.25, 0.3) is 0 Å². The number of alkyl halides is 6. The molecule has 56 heavy (non-hydrogen) atoms. The van der Waals surface area contributed by atoms with Crippen LogP contribution in [0.15, 0.2) is 107 Å². The SMILES string of the molecule is CC1(C)C(C=c2c(=O)c(=CC3N(CCOc4ccccc4)c4ccc(C(F)(F)F)cc4C3(C)C)c2=O)=[N+](CCOc2ccccc2)c2ccc(C(F)(F)F)cc21. The third-order valence-electron chi connectivity index (χ3n) is 10.9. The summed E-state index contributed by atoms with van der Waals surface area (Å²) in [6, 6.07) is 24.4. The lowest BCUT2D eigenvalue weighted by atomic mass is 9.79. The Hall–Kier alpha value is -5.65. The minimum Gasteiger partial charge on any atom is -0.492 e. The standard InChI is InChI=1S/C44H39F6N2O4/c1-41(2)33-23-27(43(45,46)47)15-17-35(33)51(19-21-55-29-11-7-5-8-12-29)37(41)25-31-39(53)32(40(31)54)26-38-42(3,4)34-24-28(44(48,49)50)16-18-36(34)52(38)20-22-56-30-13-9-6-10-14-30/h5-18,23-26,37H,19-22H2,1-4H3/q+1. The van der Waals surface area contributed by atoms with Gasteiger partial charge in [-0.3, -0.25) is 9.59 Å². The molecule has 1 unspecified atom stereocenters. The van der Waals surface area contributed by atoms with Gasteiger partial charge in [0, 0.05) is 28.8 Å². The fourth-order valence-corrected chi connectivity index (χ4v) is 7.85. The largest absolute Gasteiger partial charge is 0.492 e. The first kappa shape index (κ1) is 38.6. The number of fused-ring (bicyclic) bond motifs is 2. The van der Waals surface area contributed by atoms with Crippen molar-refractivity contribution in [3.8, 4) is 11.5 Å². The highest BCUT2D eigenvalue weighted by Crippen LogP contribution is 2.48. The Morgan fingerprint density at radius 1 is 0.696 bits per heavy atom. The summed E-state index contributed by atoms with van der Waals surface area (Å²) in [4.78, 5) is 29.7. The van der Waals surface area contributed by atoms with Gasteiger partial charge in [0.1, 0.15) is 24.7 Å². The normalized spacial score (nSPS) is 17.2. The summed E-state index contributed by atoms with van der Waals surface area (Å²) in [5.41, 5.74) is -2.48. The molecular formula is C44H39F6N2O4+. The lowest BCUT2D eigenvalue weighted by Crippen LogP contribution is -2.66. The summed E-state index contributed by atoms with van der Waals surface area (Å²) in [5, 5.41) is -0.247. The van der Waals surface area contributed by atoms with Crippen molar-refractivity contribution in [2.45, 2.75) is 56.9 Å². The van der Waals surface area contributed by atoms with E-state index in [0.29, 0.717) is 39.7 Å². The molecule has 5 aromatic carbocycles. The second-order valence-electron chi connectivity index (χ2n) is 15.1. The fraction of sp³-hybridized carbons (Fsp3) is 0.295. The third-order valence-corrected chi connectivity index (χ3v) is 10.9. The number of halogens is 6. The Bertz CT molecular complexity index is 2480. The van der Waals surface area contributed by atoms with Gasteiger partial charge in [0.2, 0.25) is 16.5 Å². The van der Waals surface area contributed by atoms with Crippen molar-refractivity contribution in [2.75, 3.05) is 31.2 Å². The highest BCUT2D eigenvalue weighted by atomic mass is 19.4. The Balaban J connectivity index is 1.29. The number of nitrogens with zero attached hydrogens (tertiary/aromatic N) is 2. The van der Waals surface area contributed by atoms with E-state index in [1.54, 1.807) is 56.5 Å². The summed E-state index contributed by atoms with van der Waals surface area (Å²) in [6.07, 6.45) is -6.19. The van der Waals surface area contributed by atoms with Crippen LogP contribution in [0.1, 0.15) is 49.9 Å². The minimum absolute atomic E-state index is 0.112. The molecule has 12 heteroatoms. The molecule has 0 saturated heterocycles. The summed E-state index contributed by atoms with van der Waals surface area (Å²) in [7, 11) is 0. The molecule has 0 spiro atoms. The molecule has 2 aliphatic rings. The molecule has 0 aliphatic carbocycles. The van der Waals surface area contributed by atoms with Crippen molar-refractivity contribution in [1.82, 2.24) is 0 Å². The van der Waals surface area contributed by atoms with Crippen LogP contribution in [0.3, 0.4) is 0 Å². The first-order valence-electron chi connectivity index (χ1n) is 18.1. The quantitative estimate of drug-likeness (QED) is 0.110. The van der Waals surface area contributed by atoms with Crippen LogP contribution in [0.25, 0.3) is 12.2 Å². The minimum atomic E-state index is -4.59. The number of para-hydroxylation sites is 2. The fourth-order valence-electron chi connectivity index (χ4n) is 7.85. The van der Waals surface area contributed by atoms with Crippen LogP contribution in [-0.2, 0) is 23.2 Å². The van der Waals surface area contributed by atoms with Crippen molar-refractivity contribution >= 4 is 29.2 Å². The summed E-state index contributed by atoms with van der Waals surface area (Å²) in [5.74, 6) is 1.21.